The highest BCUT2D eigenvalue weighted by atomic mass is 32.2. The number of carbonyl (C=O) groups is 2. The van der Waals surface area contributed by atoms with E-state index >= 15 is 0 Å². The van der Waals surface area contributed by atoms with Crippen molar-refractivity contribution in [1.82, 2.24) is 4.90 Å². The summed E-state index contributed by atoms with van der Waals surface area (Å²) in [5.41, 5.74) is 0.103. The molecule has 1 saturated heterocycles. The molecular weight excluding hydrogens is 456 g/mol. The maximum absolute atomic E-state index is 13.2. The number of nitrogens with one attached hydrogen (secondary N) is 1. The smallest absolute Gasteiger partial charge is 0.410 e. The van der Waals surface area contributed by atoms with E-state index in [1.165, 1.54) is 0 Å². The van der Waals surface area contributed by atoms with E-state index < -0.39 is 27.1 Å². The zero-order chi connectivity index (χ0) is 25.3. The topological polar surface area (TPSA) is 102 Å². The number of esters is 1. The number of sulfonamides is 1. The molecule has 9 heteroatoms. The third-order valence-electron chi connectivity index (χ3n) is 5.76. The standard InChI is InChI=1S/C25H38N2O6S/c1-24(2,3)32-22(28)21(18-12-13-27(16-18)23(29)33-25(4,5)6)15-17-8-7-9-19(14-17)26-34(30,31)20-10-11-20/h7-9,14,18,20-21,26H,10-13,15-16H2,1-6H3/t18-,21-/m0/s1. The summed E-state index contributed by atoms with van der Waals surface area (Å²) in [6, 6.07) is 7.16. The SMILES string of the molecule is CC(C)(C)OC(=O)[C@@H](Cc1cccc(NS(=O)(=O)C2CC2)c1)[C@H]1CCN(C(=O)OC(C)(C)C)C1. The first-order valence-corrected chi connectivity index (χ1v) is 13.5. The van der Waals surface area contributed by atoms with Gasteiger partial charge in [-0.2, -0.15) is 0 Å². The van der Waals surface area contributed by atoms with Crippen LogP contribution in [0.25, 0.3) is 0 Å². The van der Waals surface area contributed by atoms with Gasteiger partial charge in [-0.05, 0) is 90.8 Å². The average molecular weight is 495 g/mol. The minimum Gasteiger partial charge on any atom is -0.460 e. The van der Waals surface area contributed by atoms with E-state index in [9.17, 15) is 18.0 Å². The number of carbonyl (C=O) groups excluding carboxylic acids is 2. The monoisotopic (exact) mass is 494 g/mol. The van der Waals surface area contributed by atoms with Crippen LogP contribution in [0.5, 0.6) is 0 Å². The Hall–Kier alpha value is -2.29. The number of nitrogens with zero attached hydrogens (tertiary/aromatic N) is 1. The van der Waals surface area contributed by atoms with Crippen molar-refractivity contribution < 1.29 is 27.5 Å². The maximum Gasteiger partial charge on any atom is 0.410 e. The van der Waals surface area contributed by atoms with E-state index in [2.05, 4.69) is 4.72 Å². The van der Waals surface area contributed by atoms with Crippen LogP contribution in [-0.2, 0) is 30.7 Å². The van der Waals surface area contributed by atoms with Crippen LogP contribution < -0.4 is 4.72 Å². The molecule has 0 aromatic heterocycles. The number of ether oxygens (including phenoxy) is 2. The lowest BCUT2D eigenvalue weighted by molar-refractivity contribution is -0.161. The minimum atomic E-state index is -3.37. The van der Waals surface area contributed by atoms with Crippen molar-refractivity contribution in [2.75, 3.05) is 17.8 Å². The summed E-state index contributed by atoms with van der Waals surface area (Å²) in [6.07, 6.45) is 2.05. The van der Waals surface area contributed by atoms with Gasteiger partial charge in [-0.15, -0.1) is 0 Å². The summed E-state index contributed by atoms with van der Waals surface area (Å²) in [4.78, 5) is 27.4. The van der Waals surface area contributed by atoms with Crippen molar-refractivity contribution in [3.8, 4) is 0 Å². The van der Waals surface area contributed by atoms with E-state index in [4.69, 9.17) is 9.47 Å². The third-order valence-corrected chi connectivity index (χ3v) is 7.63. The summed E-state index contributed by atoms with van der Waals surface area (Å²) < 4.78 is 38.6. The summed E-state index contributed by atoms with van der Waals surface area (Å²) in [5.74, 6) is -0.872. The van der Waals surface area contributed by atoms with Crippen molar-refractivity contribution in [3.05, 3.63) is 29.8 Å². The van der Waals surface area contributed by atoms with Crippen molar-refractivity contribution in [1.29, 1.82) is 0 Å². The quantitative estimate of drug-likeness (QED) is 0.566. The molecule has 1 saturated carbocycles. The molecule has 190 valence electrons. The Kier molecular flexibility index (Phi) is 7.55. The van der Waals surface area contributed by atoms with Gasteiger partial charge < -0.3 is 14.4 Å². The van der Waals surface area contributed by atoms with Gasteiger partial charge in [0.25, 0.3) is 0 Å². The first-order chi connectivity index (χ1) is 15.6. The number of hydrogen-bond acceptors (Lipinski definition) is 6. The number of rotatable bonds is 7. The summed E-state index contributed by atoms with van der Waals surface area (Å²) >= 11 is 0. The molecule has 0 bridgehead atoms. The molecule has 0 spiro atoms. The Bertz CT molecular complexity index is 1000. The summed E-state index contributed by atoms with van der Waals surface area (Å²) in [7, 11) is -3.37. The van der Waals surface area contributed by atoms with Gasteiger partial charge in [0.05, 0.1) is 11.2 Å². The van der Waals surface area contributed by atoms with Crippen LogP contribution in [0.3, 0.4) is 0 Å². The summed E-state index contributed by atoms with van der Waals surface area (Å²) in [6.45, 7) is 11.9. The number of hydrogen-bond donors (Lipinski definition) is 1. The molecule has 3 rings (SSSR count). The fourth-order valence-electron chi connectivity index (χ4n) is 4.07. The molecule has 1 N–H and O–H groups in total. The van der Waals surface area contributed by atoms with Crippen molar-refractivity contribution in [3.63, 3.8) is 0 Å². The van der Waals surface area contributed by atoms with Crippen LogP contribution in [0.1, 0.15) is 66.4 Å². The van der Waals surface area contributed by atoms with E-state index in [1.807, 2.05) is 47.6 Å². The van der Waals surface area contributed by atoms with Gasteiger partial charge in [-0.3, -0.25) is 9.52 Å². The van der Waals surface area contributed by atoms with E-state index in [-0.39, 0.29) is 23.2 Å². The fraction of sp³-hybridized carbons (Fsp3) is 0.680. The lowest BCUT2D eigenvalue weighted by atomic mass is 9.86. The van der Waals surface area contributed by atoms with Gasteiger partial charge in [-0.1, -0.05) is 12.1 Å². The van der Waals surface area contributed by atoms with Crippen LogP contribution in [0.15, 0.2) is 24.3 Å². The molecule has 34 heavy (non-hydrogen) atoms. The average Bonchev–Trinajstić information content (AvgIpc) is 3.42. The van der Waals surface area contributed by atoms with Gasteiger partial charge >= 0.3 is 12.1 Å². The molecule has 1 aromatic carbocycles. The highest BCUT2D eigenvalue weighted by Gasteiger charge is 2.39. The number of benzene rings is 1. The van der Waals surface area contributed by atoms with Crippen LogP contribution in [0, 0.1) is 11.8 Å². The van der Waals surface area contributed by atoms with Crippen LogP contribution >= 0.6 is 0 Å². The number of anilines is 1. The molecule has 2 fully saturated rings. The Labute approximate surface area is 203 Å². The van der Waals surface area contributed by atoms with E-state index in [0.717, 1.165) is 5.56 Å². The summed E-state index contributed by atoms with van der Waals surface area (Å²) in [5, 5.41) is -0.317. The van der Waals surface area contributed by atoms with Crippen molar-refractivity contribution >= 4 is 27.8 Å². The molecular formula is C25H38N2O6S. The zero-order valence-corrected chi connectivity index (χ0v) is 21.9. The maximum atomic E-state index is 13.2. The second-order valence-corrected chi connectivity index (χ2v) is 13.3. The van der Waals surface area contributed by atoms with Gasteiger partial charge in [-0.25, -0.2) is 13.2 Å². The molecule has 2 atom stereocenters. The molecule has 8 nitrogen and oxygen atoms in total. The largest absolute Gasteiger partial charge is 0.460 e. The third kappa shape index (κ3) is 7.61. The Balaban J connectivity index is 1.76. The molecule has 1 aliphatic heterocycles. The predicted octanol–water partition coefficient (Wildman–Crippen LogP) is 4.35. The zero-order valence-electron chi connectivity index (χ0n) is 21.1. The molecule has 1 heterocycles. The van der Waals surface area contributed by atoms with Gasteiger partial charge in [0, 0.05) is 18.8 Å². The molecule has 0 unspecified atom stereocenters. The van der Waals surface area contributed by atoms with Crippen LogP contribution in [0.4, 0.5) is 10.5 Å². The Morgan fingerprint density at radius 2 is 1.71 bits per heavy atom. The second kappa shape index (κ2) is 9.76. The van der Waals surface area contributed by atoms with Gasteiger partial charge in [0.1, 0.15) is 11.2 Å². The Morgan fingerprint density at radius 1 is 1.06 bits per heavy atom. The van der Waals surface area contributed by atoms with Crippen LogP contribution in [0.2, 0.25) is 0 Å². The molecule has 1 aromatic rings. The lowest BCUT2D eigenvalue weighted by Crippen LogP contribution is -2.38. The highest BCUT2D eigenvalue weighted by Crippen LogP contribution is 2.32. The molecule has 1 aliphatic carbocycles. The highest BCUT2D eigenvalue weighted by molar-refractivity contribution is 7.93. The number of likely N-dealkylation sites (tertiary alicyclic amines) is 1. The van der Waals surface area contributed by atoms with Crippen molar-refractivity contribution in [2.24, 2.45) is 11.8 Å². The predicted molar refractivity (Wildman–Crippen MR) is 131 cm³/mol. The first-order valence-electron chi connectivity index (χ1n) is 11.9. The fourth-order valence-corrected chi connectivity index (χ4v) is 5.45. The van der Waals surface area contributed by atoms with Crippen molar-refractivity contribution in [2.45, 2.75) is 83.7 Å². The first kappa shape index (κ1) is 26.3. The Morgan fingerprint density at radius 3 is 2.29 bits per heavy atom. The normalized spacial score (nSPS) is 20.1. The van der Waals surface area contributed by atoms with Gasteiger partial charge in [0.15, 0.2) is 0 Å². The molecule has 2 aliphatic rings. The van der Waals surface area contributed by atoms with Gasteiger partial charge in [0.2, 0.25) is 10.0 Å². The second-order valence-electron chi connectivity index (χ2n) is 11.4. The molecule has 1 amide bonds. The van der Waals surface area contributed by atoms with E-state index in [0.29, 0.717) is 44.5 Å². The minimum absolute atomic E-state index is 0.0887. The van der Waals surface area contributed by atoms with Crippen LogP contribution in [-0.4, -0.2) is 54.9 Å². The molecule has 0 radical (unpaired) electrons. The van der Waals surface area contributed by atoms with E-state index in [1.54, 1.807) is 23.1 Å². The number of amides is 1. The lowest BCUT2D eigenvalue weighted by Gasteiger charge is -2.28.